The maximum Gasteiger partial charge on any atom is 0.508 e. The highest BCUT2D eigenvalue weighted by molar-refractivity contribution is 8.07. The lowest BCUT2D eigenvalue weighted by atomic mass is 10.2. The number of rotatable bonds is 15. The number of amides is 1. The van der Waals surface area contributed by atoms with Crippen molar-refractivity contribution >= 4 is 30.6 Å². The molecule has 0 saturated carbocycles. The van der Waals surface area contributed by atoms with Crippen LogP contribution in [0.25, 0.3) is 0 Å². The number of carbonyl (C=O) groups excluding carboxylic acids is 2. The Hall–Kier alpha value is -4.53. The number of aryl methyl sites for hydroxylation is 2. The molecule has 7 unspecified atom stereocenters. The van der Waals surface area contributed by atoms with Crippen molar-refractivity contribution in [1.29, 1.82) is 0 Å². The Bertz CT molecular complexity index is 2230. The number of likely N-dealkylation sites (tertiary alicyclic amines) is 1. The number of benzene rings is 1. The van der Waals surface area contributed by atoms with Crippen LogP contribution in [0.4, 0.5) is 4.79 Å². The highest BCUT2D eigenvalue weighted by Gasteiger charge is 2.45. The molecule has 1 aromatic carbocycles. The molecular formula is C36H44N5O14PS. The molecule has 3 aliphatic heterocycles. The number of aliphatic hydroxyl groups is 1. The highest BCUT2D eigenvalue weighted by Crippen LogP contribution is 2.54. The predicted molar refractivity (Wildman–Crippen MR) is 204 cm³/mol. The number of aliphatic hydroxyl groups excluding tert-OH is 1. The molecule has 8 atom stereocenters. The van der Waals surface area contributed by atoms with Crippen molar-refractivity contribution in [1.82, 2.24) is 24.0 Å². The highest BCUT2D eigenvalue weighted by atomic mass is 32.5. The molecule has 0 spiro atoms. The van der Waals surface area contributed by atoms with E-state index in [9.17, 15) is 33.9 Å². The smallest absolute Gasteiger partial charge is 0.430 e. The number of aromatic nitrogens is 4. The van der Waals surface area contributed by atoms with Crippen LogP contribution in [0.1, 0.15) is 59.6 Å². The van der Waals surface area contributed by atoms with E-state index in [1.807, 2.05) is 6.07 Å². The minimum atomic E-state index is -3.92. The van der Waals surface area contributed by atoms with Crippen LogP contribution in [0.15, 0.2) is 74.6 Å². The molecule has 0 radical (unpaired) electrons. The normalized spacial score (nSPS) is 25.6. The van der Waals surface area contributed by atoms with Crippen LogP contribution in [0, 0.1) is 13.8 Å². The third kappa shape index (κ3) is 9.96. The summed E-state index contributed by atoms with van der Waals surface area (Å²) in [6.07, 6.45) is -1.90. The third-order valence-corrected chi connectivity index (χ3v) is 12.1. The van der Waals surface area contributed by atoms with Gasteiger partial charge in [0, 0.05) is 48.5 Å². The van der Waals surface area contributed by atoms with E-state index in [1.54, 1.807) is 29.2 Å². The first-order chi connectivity index (χ1) is 27.3. The zero-order chi connectivity index (χ0) is 40.9. The molecule has 0 bridgehead atoms. The van der Waals surface area contributed by atoms with Gasteiger partial charge in [0.05, 0.1) is 32.0 Å². The van der Waals surface area contributed by atoms with Gasteiger partial charge in [-0.05, 0) is 50.6 Å². The lowest BCUT2D eigenvalue weighted by molar-refractivity contribution is -0.0613. The Morgan fingerprint density at radius 3 is 2.14 bits per heavy atom. The number of carbonyl (C=O) groups is 2. The van der Waals surface area contributed by atoms with Crippen molar-refractivity contribution < 1.29 is 47.2 Å². The second-order valence-corrected chi connectivity index (χ2v) is 16.7. The summed E-state index contributed by atoms with van der Waals surface area (Å²) < 4.78 is 44.0. The van der Waals surface area contributed by atoms with Gasteiger partial charge in [0.2, 0.25) is 0 Å². The van der Waals surface area contributed by atoms with Gasteiger partial charge in [0.1, 0.15) is 37.4 Å². The van der Waals surface area contributed by atoms with Gasteiger partial charge in [0.25, 0.3) is 17.0 Å². The predicted octanol–water partition coefficient (Wildman–Crippen LogP) is 1.93. The van der Waals surface area contributed by atoms with Crippen molar-refractivity contribution in [2.24, 2.45) is 0 Å². The molecule has 308 valence electrons. The van der Waals surface area contributed by atoms with E-state index in [4.69, 9.17) is 44.3 Å². The van der Waals surface area contributed by atoms with Gasteiger partial charge in [0.15, 0.2) is 0 Å². The van der Waals surface area contributed by atoms with Gasteiger partial charge < -0.3 is 42.5 Å². The first kappa shape index (κ1) is 42.1. The molecule has 57 heavy (non-hydrogen) atoms. The van der Waals surface area contributed by atoms with Crippen molar-refractivity contribution in [3.63, 3.8) is 0 Å². The van der Waals surface area contributed by atoms with Crippen LogP contribution < -0.4 is 22.5 Å². The number of hydrogen-bond donors (Lipinski definition) is 3. The summed E-state index contributed by atoms with van der Waals surface area (Å²) in [5.74, 6) is -0.188. The van der Waals surface area contributed by atoms with E-state index < -0.39 is 91.5 Å². The molecule has 3 saturated heterocycles. The van der Waals surface area contributed by atoms with Gasteiger partial charge >= 0.3 is 24.3 Å². The number of ether oxygens (including phenoxy) is 4. The quantitative estimate of drug-likeness (QED) is 0.113. The molecule has 3 aromatic rings. The van der Waals surface area contributed by atoms with Crippen molar-refractivity contribution in [3.8, 4) is 0 Å². The minimum Gasteiger partial charge on any atom is -0.430 e. The molecule has 5 heterocycles. The average Bonchev–Trinajstić information content (AvgIpc) is 3.94. The van der Waals surface area contributed by atoms with Crippen LogP contribution >= 0.6 is 6.72 Å². The van der Waals surface area contributed by atoms with E-state index >= 15 is 0 Å². The second-order valence-electron chi connectivity index (χ2n) is 13.7. The molecule has 3 N–H and O–H groups in total. The van der Waals surface area contributed by atoms with Crippen LogP contribution in [0.5, 0.6) is 0 Å². The average molecular weight is 834 g/mol. The Kier molecular flexibility index (Phi) is 13.6. The van der Waals surface area contributed by atoms with E-state index in [1.165, 1.54) is 36.9 Å². The molecule has 3 aliphatic rings. The number of nitrogens with one attached hydrogen (secondary N) is 2. The Balaban J connectivity index is 1.25. The van der Waals surface area contributed by atoms with Crippen molar-refractivity contribution in [2.45, 2.75) is 82.4 Å². The van der Waals surface area contributed by atoms with Gasteiger partial charge in [-0.3, -0.25) is 33.5 Å². The topological polar surface area (TPSA) is 232 Å². The summed E-state index contributed by atoms with van der Waals surface area (Å²) >= 11 is 5.98. The molecule has 3 fully saturated rings. The second kappa shape index (κ2) is 18.4. The molecule has 1 amide bonds. The molecule has 0 aliphatic carbocycles. The van der Waals surface area contributed by atoms with Crippen molar-refractivity contribution in [2.75, 3.05) is 33.0 Å². The van der Waals surface area contributed by atoms with Crippen molar-refractivity contribution in [3.05, 3.63) is 114 Å². The number of aromatic amines is 2. The number of nitrogens with zero attached hydrogens (tertiary/aromatic N) is 3. The van der Waals surface area contributed by atoms with Gasteiger partial charge in [-0.15, -0.1) is 0 Å². The first-order valence-electron chi connectivity index (χ1n) is 18.2. The largest absolute Gasteiger partial charge is 0.508 e. The van der Waals surface area contributed by atoms with E-state index in [0.717, 1.165) is 4.57 Å². The molecule has 21 heteroatoms. The summed E-state index contributed by atoms with van der Waals surface area (Å²) in [5, 5.41) is 10.3. The maximum absolute atomic E-state index is 13.5. The van der Waals surface area contributed by atoms with E-state index in [0.29, 0.717) is 24.9 Å². The van der Waals surface area contributed by atoms with Crippen LogP contribution in [-0.4, -0.2) is 105 Å². The summed E-state index contributed by atoms with van der Waals surface area (Å²) in [5.41, 5.74) is -1.62. The first-order valence-corrected chi connectivity index (χ1v) is 20.8. The van der Waals surface area contributed by atoms with E-state index in [-0.39, 0.29) is 43.1 Å². The van der Waals surface area contributed by atoms with Gasteiger partial charge in [-0.1, -0.05) is 30.9 Å². The maximum atomic E-state index is 13.5. The standard InChI is InChI=1S/C36H44N5O14PS/c1-4-13-49-36(48)54-25-14-29(40-16-21(2)31(43)37-34(40)46)53-28(25)20-51-56(57,50-19-24-11-8-12-39(24)33(45)23-9-6-5-7-10-23)55-26-15-30(52-27(26)18-42)41-17-22(3)32(44)38-35(41)47/h4-7,9-10,16-17,24-30,42H,1,8,11-15,18-20H2,2-3H3,(H,37,43,46)(H,38,44,47)/t24-,25?,26?,27?,28?,29?,30?,56?/m0/s1. The fourth-order valence-electron chi connectivity index (χ4n) is 6.80. The lowest BCUT2D eigenvalue weighted by Gasteiger charge is -2.31. The SMILES string of the molecule is C=CCOC(=O)OC1CC(n2cc(C)c(=O)[nH]c2=O)OC1COP(=S)(OC[C@@H]1CCCN1C(=O)c1ccccc1)OC1CC(n2cc(C)c(=O)[nH]c2=O)OC1CO. The van der Waals surface area contributed by atoms with Crippen LogP contribution in [0.2, 0.25) is 0 Å². The minimum absolute atomic E-state index is 0.0128. The lowest BCUT2D eigenvalue weighted by Crippen LogP contribution is -2.38. The Labute approximate surface area is 330 Å². The zero-order valence-corrected chi connectivity index (χ0v) is 32.9. The monoisotopic (exact) mass is 833 g/mol. The van der Waals surface area contributed by atoms with E-state index in [2.05, 4.69) is 16.5 Å². The molecule has 19 nitrogen and oxygen atoms in total. The summed E-state index contributed by atoms with van der Waals surface area (Å²) in [7, 11) is 0. The number of hydrogen-bond acceptors (Lipinski definition) is 15. The zero-order valence-electron chi connectivity index (χ0n) is 31.2. The Morgan fingerprint density at radius 1 is 0.930 bits per heavy atom. The van der Waals surface area contributed by atoms with Gasteiger partial charge in [-0.25, -0.2) is 14.4 Å². The Morgan fingerprint density at radius 2 is 1.53 bits per heavy atom. The number of H-pyrrole nitrogens is 2. The summed E-state index contributed by atoms with van der Waals surface area (Å²) in [6.45, 7) is 1.95. The summed E-state index contributed by atoms with van der Waals surface area (Å²) in [6, 6.07) is 8.39. The fourth-order valence-corrected chi connectivity index (χ4v) is 8.94. The molecule has 2 aromatic heterocycles. The van der Waals surface area contributed by atoms with Crippen LogP contribution in [0.3, 0.4) is 0 Å². The molecular weight excluding hydrogens is 789 g/mol. The molecule has 6 rings (SSSR count). The van der Waals surface area contributed by atoms with Gasteiger partial charge in [-0.2, -0.15) is 0 Å². The summed E-state index contributed by atoms with van der Waals surface area (Å²) in [4.78, 5) is 81.8. The third-order valence-electron chi connectivity index (χ3n) is 9.76. The van der Waals surface area contributed by atoms with Crippen LogP contribution in [-0.2, 0) is 44.3 Å². The fraction of sp³-hybridized carbons (Fsp3) is 0.500.